The van der Waals surface area contributed by atoms with Crippen LogP contribution in [0, 0.1) is 34.0 Å². The van der Waals surface area contributed by atoms with Gasteiger partial charge in [0, 0.05) is 0 Å². The van der Waals surface area contributed by atoms with Crippen LogP contribution in [0.2, 0.25) is 0 Å². The quantitative estimate of drug-likeness (QED) is 0.590. The molecule has 3 heterocycles. The second kappa shape index (κ2) is 4.51. The number of nitrogen functional groups attached to an aromatic ring is 2. The minimum absolute atomic E-state index is 0.0535. The van der Waals surface area contributed by atoms with Crippen molar-refractivity contribution in [2.24, 2.45) is 0 Å². The fourth-order valence-electron chi connectivity index (χ4n) is 2.09. The molecule has 0 saturated carbocycles. The third-order valence-electron chi connectivity index (χ3n) is 3.09. The number of anilines is 2. The summed E-state index contributed by atoms with van der Waals surface area (Å²) < 4.78 is 0. The van der Waals surface area contributed by atoms with E-state index in [1.165, 1.54) is 6.33 Å². The van der Waals surface area contributed by atoms with Gasteiger partial charge in [0.1, 0.15) is 63.6 Å². The van der Waals surface area contributed by atoms with Gasteiger partial charge in [-0.15, -0.1) is 0 Å². The maximum absolute atomic E-state index is 9.38. The lowest BCUT2D eigenvalue weighted by molar-refractivity contribution is 1.32. The van der Waals surface area contributed by atoms with Crippen LogP contribution in [0.3, 0.4) is 0 Å². The highest BCUT2D eigenvalue weighted by Crippen LogP contribution is 2.29. The highest BCUT2D eigenvalue weighted by Gasteiger charge is 2.19. The maximum atomic E-state index is 9.38. The number of nitriles is 3. The number of rotatable bonds is 0. The average Bonchev–Trinajstić information content (AvgIpc) is 2.93. The first-order chi connectivity index (χ1) is 10.6. The summed E-state index contributed by atoms with van der Waals surface area (Å²) in [5.41, 5.74) is 11.8. The van der Waals surface area contributed by atoms with Crippen molar-refractivity contribution in [2.75, 3.05) is 11.5 Å². The third kappa shape index (κ3) is 1.56. The molecule has 22 heavy (non-hydrogen) atoms. The molecule has 3 aromatic rings. The van der Waals surface area contributed by atoms with E-state index in [2.05, 4.69) is 19.9 Å². The van der Waals surface area contributed by atoms with Gasteiger partial charge in [-0.3, -0.25) is 0 Å². The third-order valence-corrected chi connectivity index (χ3v) is 3.09. The van der Waals surface area contributed by atoms with Crippen LogP contribution < -0.4 is 11.5 Å². The van der Waals surface area contributed by atoms with Gasteiger partial charge in [-0.1, -0.05) is 0 Å². The number of hydrogen-bond acceptors (Lipinski definition) is 9. The van der Waals surface area contributed by atoms with E-state index in [-0.39, 0.29) is 50.4 Å². The molecule has 9 nitrogen and oxygen atoms in total. The largest absolute Gasteiger partial charge is 0.396 e. The van der Waals surface area contributed by atoms with Gasteiger partial charge in [0.15, 0.2) is 5.65 Å². The topological polar surface area (TPSA) is 175 Å². The van der Waals surface area contributed by atoms with E-state index < -0.39 is 0 Å². The lowest BCUT2D eigenvalue weighted by Crippen LogP contribution is -1.97. The summed E-state index contributed by atoms with van der Waals surface area (Å²) in [5.74, 6) is -0.191. The SMILES string of the molecule is N#Cc1c(N)nc2c(C#N)c3ncnc3nc2c(C#N)c1N. The van der Waals surface area contributed by atoms with Gasteiger partial charge >= 0.3 is 0 Å². The first-order valence-electron chi connectivity index (χ1n) is 5.86. The molecular weight excluding hydrogens is 282 g/mol. The van der Waals surface area contributed by atoms with Crippen LogP contribution in [0.4, 0.5) is 11.5 Å². The zero-order valence-corrected chi connectivity index (χ0v) is 10.9. The number of imidazole rings is 1. The van der Waals surface area contributed by atoms with Crippen molar-refractivity contribution in [2.45, 2.75) is 0 Å². The van der Waals surface area contributed by atoms with Crippen LogP contribution in [0.25, 0.3) is 22.2 Å². The smallest absolute Gasteiger partial charge is 0.181 e. The van der Waals surface area contributed by atoms with Crippen molar-refractivity contribution >= 4 is 33.7 Å². The van der Waals surface area contributed by atoms with Crippen LogP contribution in [-0.2, 0) is 0 Å². The number of pyridine rings is 1. The molecule has 0 bridgehead atoms. The number of nitrogens with two attached hydrogens (primary N) is 2. The first kappa shape index (κ1) is 13.0. The molecule has 3 rings (SSSR count). The molecule has 0 saturated heterocycles. The van der Waals surface area contributed by atoms with Gasteiger partial charge < -0.3 is 11.5 Å². The Kier molecular flexibility index (Phi) is 2.66. The highest BCUT2D eigenvalue weighted by molar-refractivity contribution is 5.99. The second-order valence-electron chi connectivity index (χ2n) is 4.23. The van der Waals surface area contributed by atoms with Gasteiger partial charge in [-0.2, -0.15) is 15.8 Å². The molecule has 102 valence electrons. The van der Waals surface area contributed by atoms with E-state index in [0.717, 1.165) is 0 Å². The fourth-order valence-corrected chi connectivity index (χ4v) is 2.09. The van der Waals surface area contributed by atoms with E-state index >= 15 is 0 Å². The molecule has 0 aliphatic rings. The molecule has 0 aliphatic carbocycles. The van der Waals surface area contributed by atoms with Crippen molar-refractivity contribution in [1.29, 1.82) is 15.8 Å². The predicted octanol–water partition coefficient (Wildman–Crippen LogP) is 0.352. The van der Waals surface area contributed by atoms with E-state index in [9.17, 15) is 10.5 Å². The molecule has 4 N–H and O–H groups in total. The monoisotopic (exact) mass is 287 g/mol. The number of aromatic nitrogens is 4. The van der Waals surface area contributed by atoms with Gasteiger partial charge in [0.05, 0.1) is 5.69 Å². The van der Waals surface area contributed by atoms with Gasteiger partial charge in [0.25, 0.3) is 0 Å². The Morgan fingerprint density at radius 3 is 2.05 bits per heavy atom. The van der Waals surface area contributed by atoms with Crippen LogP contribution in [-0.4, -0.2) is 19.9 Å². The predicted molar refractivity (Wildman–Crippen MR) is 75.6 cm³/mol. The van der Waals surface area contributed by atoms with Crippen LogP contribution in [0.1, 0.15) is 16.7 Å². The fraction of sp³-hybridized carbons (Fsp3) is 0. The summed E-state index contributed by atoms with van der Waals surface area (Å²) in [6, 6.07) is 5.63. The zero-order chi connectivity index (χ0) is 15.9. The van der Waals surface area contributed by atoms with Crippen molar-refractivity contribution in [1.82, 2.24) is 19.9 Å². The molecule has 0 atom stereocenters. The van der Waals surface area contributed by atoms with Crippen LogP contribution >= 0.6 is 0 Å². The van der Waals surface area contributed by atoms with Crippen molar-refractivity contribution in [3.05, 3.63) is 23.0 Å². The summed E-state index contributed by atoms with van der Waals surface area (Å²) in [6.07, 6.45) is 1.25. The van der Waals surface area contributed by atoms with E-state index in [4.69, 9.17) is 16.7 Å². The summed E-state index contributed by atoms with van der Waals surface area (Å²) in [4.78, 5) is 16.1. The maximum Gasteiger partial charge on any atom is 0.181 e. The number of nitrogens with zero attached hydrogens (tertiary/aromatic N) is 7. The zero-order valence-electron chi connectivity index (χ0n) is 10.9. The average molecular weight is 287 g/mol. The van der Waals surface area contributed by atoms with Crippen molar-refractivity contribution in [3.63, 3.8) is 0 Å². The Bertz CT molecular complexity index is 1080. The number of hydrogen-bond donors (Lipinski definition) is 2. The van der Waals surface area contributed by atoms with Gasteiger partial charge in [-0.05, 0) is 0 Å². The van der Waals surface area contributed by atoms with E-state index in [1.54, 1.807) is 6.07 Å². The molecule has 0 fully saturated rings. The normalized spacial score (nSPS) is 10.0. The Balaban J connectivity index is 2.75. The number of fused-ring (bicyclic) bond motifs is 2. The summed E-state index contributed by atoms with van der Waals surface area (Å²) in [7, 11) is 0. The van der Waals surface area contributed by atoms with Crippen LogP contribution in [0.15, 0.2) is 6.33 Å². The Hall–Kier alpha value is -4.03. The molecule has 0 aliphatic heterocycles. The summed E-state index contributed by atoms with van der Waals surface area (Å²) >= 11 is 0. The molecule has 0 amide bonds. The summed E-state index contributed by atoms with van der Waals surface area (Å²) in [5, 5.41) is 27.9. The molecule has 9 heteroatoms. The Labute approximate surface area is 123 Å². The summed E-state index contributed by atoms with van der Waals surface area (Å²) in [6.45, 7) is 0. The Morgan fingerprint density at radius 1 is 0.773 bits per heavy atom. The van der Waals surface area contributed by atoms with Gasteiger partial charge in [-0.25, -0.2) is 19.9 Å². The molecule has 0 unspecified atom stereocenters. The molecule has 0 radical (unpaired) electrons. The lowest BCUT2D eigenvalue weighted by atomic mass is 10.1. The highest BCUT2D eigenvalue weighted by atomic mass is 15.0. The lowest BCUT2D eigenvalue weighted by Gasteiger charge is -1.98. The minimum atomic E-state index is -0.191. The molecular formula is C13H5N9. The standard InChI is InChI=1S/C13H5N9/c14-1-5-8(17)6(2-15)12(18)21-10-7(3-16)11-13(20-4-19-11)22-9(5)10/h4H,17H2,(H2,18,21). The minimum Gasteiger partial charge on any atom is -0.396 e. The van der Waals surface area contributed by atoms with Crippen LogP contribution in [0.5, 0.6) is 0 Å². The molecule has 0 aromatic carbocycles. The Morgan fingerprint density at radius 2 is 1.41 bits per heavy atom. The first-order valence-corrected chi connectivity index (χ1v) is 5.86. The molecule has 0 spiro atoms. The van der Waals surface area contributed by atoms with Crippen molar-refractivity contribution in [3.8, 4) is 18.2 Å². The van der Waals surface area contributed by atoms with Crippen molar-refractivity contribution < 1.29 is 0 Å². The second-order valence-corrected chi connectivity index (χ2v) is 4.23. The van der Waals surface area contributed by atoms with Gasteiger partial charge in [0.2, 0.25) is 0 Å². The van der Waals surface area contributed by atoms with E-state index in [1.807, 2.05) is 12.1 Å². The molecule has 3 aromatic heterocycles. The van der Waals surface area contributed by atoms with E-state index in [0.29, 0.717) is 0 Å².